The minimum Gasteiger partial charge on any atom is -0.462 e. The number of fused-ring (bicyclic) bond motifs is 1. The predicted molar refractivity (Wildman–Crippen MR) is 87.8 cm³/mol. The molecule has 0 bridgehead atoms. The molecular weight excluding hydrogens is 312 g/mol. The van der Waals surface area contributed by atoms with Gasteiger partial charge in [0.05, 0.1) is 6.61 Å². The third-order valence-corrected chi connectivity index (χ3v) is 4.00. The van der Waals surface area contributed by atoms with Crippen LogP contribution in [0.5, 0.6) is 0 Å². The van der Waals surface area contributed by atoms with Crippen LogP contribution in [-0.4, -0.2) is 38.4 Å². The van der Waals surface area contributed by atoms with Gasteiger partial charge >= 0.3 is 5.97 Å². The standard InChI is InChI=1S/C16H16N4O2S/c1-3-22-15(21)12-10-17-16(23-2)20-13(18-19-14(12)20)9-11-7-5-4-6-8-11/h4-8,10H,3,9H2,1-2H3. The number of ether oxygens (including phenoxy) is 1. The Morgan fingerprint density at radius 1 is 1.26 bits per heavy atom. The van der Waals surface area contributed by atoms with Gasteiger partial charge in [-0.3, -0.25) is 4.40 Å². The van der Waals surface area contributed by atoms with Gasteiger partial charge in [0.2, 0.25) is 0 Å². The molecule has 0 radical (unpaired) electrons. The predicted octanol–water partition coefficient (Wildman–Crippen LogP) is 2.61. The molecule has 0 atom stereocenters. The molecule has 2 aromatic heterocycles. The maximum absolute atomic E-state index is 12.1. The molecule has 0 aliphatic carbocycles. The molecule has 0 saturated carbocycles. The van der Waals surface area contributed by atoms with Gasteiger partial charge in [-0.05, 0) is 18.7 Å². The van der Waals surface area contributed by atoms with Crippen molar-refractivity contribution in [2.75, 3.05) is 12.9 Å². The normalized spacial score (nSPS) is 10.9. The fourth-order valence-corrected chi connectivity index (χ4v) is 2.85. The second-order valence-corrected chi connectivity index (χ2v) is 5.59. The van der Waals surface area contributed by atoms with E-state index in [1.54, 1.807) is 6.92 Å². The van der Waals surface area contributed by atoms with Gasteiger partial charge in [-0.2, -0.15) is 0 Å². The van der Waals surface area contributed by atoms with Crippen LogP contribution in [0.3, 0.4) is 0 Å². The van der Waals surface area contributed by atoms with Gasteiger partial charge in [-0.1, -0.05) is 42.1 Å². The van der Waals surface area contributed by atoms with Crippen LogP contribution in [0, 0.1) is 0 Å². The monoisotopic (exact) mass is 328 g/mol. The Balaban J connectivity index is 2.09. The minimum absolute atomic E-state index is 0.306. The number of aromatic nitrogens is 4. The molecule has 0 fully saturated rings. The number of hydrogen-bond acceptors (Lipinski definition) is 6. The van der Waals surface area contributed by atoms with Gasteiger partial charge in [0, 0.05) is 12.6 Å². The van der Waals surface area contributed by atoms with Crippen molar-refractivity contribution in [2.24, 2.45) is 0 Å². The average molecular weight is 328 g/mol. The summed E-state index contributed by atoms with van der Waals surface area (Å²) in [6.07, 6.45) is 4.04. The van der Waals surface area contributed by atoms with Crippen LogP contribution in [0.4, 0.5) is 0 Å². The average Bonchev–Trinajstić information content (AvgIpc) is 2.99. The van der Waals surface area contributed by atoms with E-state index in [2.05, 4.69) is 15.2 Å². The van der Waals surface area contributed by atoms with Crippen LogP contribution in [0.25, 0.3) is 5.65 Å². The highest BCUT2D eigenvalue weighted by Crippen LogP contribution is 2.20. The lowest BCUT2D eigenvalue weighted by molar-refractivity contribution is 0.0527. The summed E-state index contributed by atoms with van der Waals surface area (Å²) in [7, 11) is 0. The molecule has 2 heterocycles. The maximum atomic E-state index is 12.1. The summed E-state index contributed by atoms with van der Waals surface area (Å²) in [5.41, 5.74) is 1.93. The zero-order valence-electron chi connectivity index (χ0n) is 12.9. The Morgan fingerprint density at radius 3 is 2.74 bits per heavy atom. The lowest BCUT2D eigenvalue weighted by Crippen LogP contribution is -2.10. The molecule has 7 heteroatoms. The largest absolute Gasteiger partial charge is 0.462 e. The lowest BCUT2D eigenvalue weighted by Gasteiger charge is -2.07. The second kappa shape index (κ2) is 6.78. The third-order valence-electron chi connectivity index (χ3n) is 3.35. The molecule has 23 heavy (non-hydrogen) atoms. The Bertz CT molecular complexity index is 833. The molecule has 3 rings (SSSR count). The molecule has 118 valence electrons. The molecule has 0 saturated heterocycles. The molecule has 0 N–H and O–H groups in total. The van der Waals surface area contributed by atoms with Gasteiger partial charge in [-0.15, -0.1) is 10.2 Å². The fourth-order valence-electron chi connectivity index (χ4n) is 2.32. The van der Waals surface area contributed by atoms with Crippen molar-refractivity contribution in [1.29, 1.82) is 0 Å². The maximum Gasteiger partial charge on any atom is 0.343 e. The Kier molecular flexibility index (Phi) is 4.57. The first-order valence-electron chi connectivity index (χ1n) is 7.22. The summed E-state index contributed by atoms with van der Waals surface area (Å²) in [6, 6.07) is 10.00. The van der Waals surface area contributed by atoms with Gasteiger partial charge < -0.3 is 4.74 Å². The Labute approximate surface area is 137 Å². The number of benzene rings is 1. The lowest BCUT2D eigenvalue weighted by atomic mass is 10.1. The quantitative estimate of drug-likeness (QED) is 0.407. The highest BCUT2D eigenvalue weighted by Gasteiger charge is 2.19. The van der Waals surface area contributed by atoms with E-state index < -0.39 is 5.97 Å². The van der Waals surface area contributed by atoms with Crippen LogP contribution in [0.2, 0.25) is 0 Å². The van der Waals surface area contributed by atoms with E-state index in [0.717, 1.165) is 16.5 Å². The number of esters is 1. The Morgan fingerprint density at radius 2 is 2.04 bits per heavy atom. The van der Waals surface area contributed by atoms with Gasteiger partial charge in [-0.25, -0.2) is 9.78 Å². The van der Waals surface area contributed by atoms with Crippen molar-refractivity contribution in [3.05, 3.63) is 53.5 Å². The van der Waals surface area contributed by atoms with Crippen molar-refractivity contribution in [1.82, 2.24) is 19.6 Å². The van der Waals surface area contributed by atoms with E-state index in [0.29, 0.717) is 24.2 Å². The molecule has 0 spiro atoms. The summed E-state index contributed by atoms with van der Waals surface area (Å²) < 4.78 is 6.89. The SMILES string of the molecule is CCOC(=O)c1cnc(SC)n2c(Cc3ccccc3)nnc12. The molecule has 1 aromatic carbocycles. The van der Waals surface area contributed by atoms with Crippen LogP contribution in [0.15, 0.2) is 41.7 Å². The zero-order valence-corrected chi connectivity index (χ0v) is 13.7. The highest BCUT2D eigenvalue weighted by atomic mass is 32.2. The van der Waals surface area contributed by atoms with Crippen LogP contribution >= 0.6 is 11.8 Å². The second-order valence-electron chi connectivity index (χ2n) is 4.82. The molecule has 0 amide bonds. The van der Waals surface area contributed by atoms with Crippen LogP contribution in [-0.2, 0) is 11.2 Å². The summed E-state index contributed by atoms with van der Waals surface area (Å²) >= 11 is 1.48. The number of thioether (sulfide) groups is 1. The first-order valence-corrected chi connectivity index (χ1v) is 8.45. The number of nitrogens with zero attached hydrogens (tertiary/aromatic N) is 4. The van der Waals surface area contributed by atoms with Crippen molar-refractivity contribution >= 4 is 23.4 Å². The van der Waals surface area contributed by atoms with Crippen molar-refractivity contribution in [3.8, 4) is 0 Å². The summed E-state index contributed by atoms with van der Waals surface area (Å²) in [5.74, 6) is 0.311. The van der Waals surface area contributed by atoms with E-state index in [4.69, 9.17) is 4.74 Å². The summed E-state index contributed by atoms with van der Waals surface area (Å²) in [6.45, 7) is 2.07. The van der Waals surface area contributed by atoms with Gasteiger partial charge in [0.25, 0.3) is 0 Å². The van der Waals surface area contributed by atoms with E-state index in [1.807, 2.05) is 41.0 Å². The Hall–Kier alpha value is -2.41. The first-order chi connectivity index (χ1) is 11.2. The molecule has 3 aromatic rings. The fraction of sp³-hybridized carbons (Fsp3) is 0.250. The summed E-state index contributed by atoms with van der Waals surface area (Å²) in [5, 5.41) is 9.18. The number of hydrogen-bond donors (Lipinski definition) is 0. The van der Waals surface area contributed by atoms with Gasteiger partial charge in [0.15, 0.2) is 10.8 Å². The molecular formula is C16H16N4O2S. The number of carbonyl (C=O) groups is 1. The molecule has 0 aliphatic rings. The van der Waals surface area contributed by atoms with E-state index in [1.165, 1.54) is 18.0 Å². The minimum atomic E-state index is -0.434. The van der Waals surface area contributed by atoms with E-state index >= 15 is 0 Å². The van der Waals surface area contributed by atoms with Crippen molar-refractivity contribution in [2.45, 2.75) is 18.5 Å². The summed E-state index contributed by atoms with van der Waals surface area (Å²) in [4.78, 5) is 16.4. The molecule has 0 aliphatic heterocycles. The smallest absolute Gasteiger partial charge is 0.343 e. The number of carbonyl (C=O) groups excluding carboxylic acids is 1. The topological polar surface area (TPSA) is 69.4 Å². The first kappa shape index (κ1) is 15.5. The van der Waals surface area contributed by atoms with E-state index in [-0.39, 0.29) is 0 Å². The third kappa shape index (κ3) is 3.05. The van der Waals surface area contributed by atoms with Crippen molar-refractivity contribution in [3.63, 3.8) is 0 Å². The zero-order chi connectivity index (χ0) is 16.2. The van der Waals surface area contributed by atoms with Crippen LogP contribution < -0.4 is 0 Å². The highest BCUT2D eigenvalue weighted by molar-refractivity contribution is 7.98. The van der Waals surface area contributed by atoms with E-state index in [9.17, 15) is 4.79 Å². The molecule has 6 nitrogen and oxygen atoms in total. The van der Waals surface area contributed by atoms with Gasteiger partial charge in [0.1, 0.15) is 11.4 Å². The molecule has 0 unspecified atom stereocenters. The number of rotatable bonds is 5. The van der Waals surface area contributed by atoms with Crippen molar-refractivity contribution < 1.29 is 9.53 Å². The van der Waals surface area contributed by atoms with Crippen LogP contribution in [0.1, 0.15) is 28.7 Å².